The van der Waals surface area contributed by atoms with Crippen LogP contribution in [0.3, 0.4) is 0 Å². The molecule has 0 aliphatic carbocycles. The zero-order chi connectivity index (χ0) is 20.3. The second-order valence-corrected chi connectivity index (χ2v) is 8.82. The van der Waals surface area contributed by atoms with Crippen molar-refractivity contribution in [1.29, 1.82) is 0 Å². The topological polar surface area (TPSA) is 83.3 Å². The highest BCUT2D eigenvalue weighted by molar-refractivity contribution is 5.85. The first-order valence-electron chi connectivity index (χ1n) is 10.4. The molecule has 0 amide bonds. The molecule has 2 N–H and O–H groups in total. The fourth-order valence-electron chi connectivity index (χ4n) is 4.45. The van der Waals surface area contributed by atoms with Crippen molar-refractivity contribution in [3.05, 3.63) is 48.5 Å². The molecule has 0 unspecified atom stereocenters. The molecule has 2 aliphatic rings. The van der Waals surface area contributed by atoms with Gasteiger partial charge in [0.05, 0.1) is 11.9 Å². The van der Waals surface area contributed by atoms with Crippen LogP contribution in [0.15, 0.2) is 42.9 Å². The van der Waals surface area contributed by atoms with E-state index in [-0.39, 0.29) is 12.4 Å². The van der Waals surface area contributed by atoms with E-state index in [2.05, 4.69) is 54.8 Å². The van der Waals surface area contributed by atoms with Crippen LogP contribution in [-0.2, 0) is 0 Å². The summed E-state index contributed by atoms with van der Waals surface area (Å²) in [4.78, 5) is 20.7. The van der Waals surface area contributed by atoms with Crippen LogP contribution in [0, 0.1) is 5.41 Å². The average Bonchev–Trinajstić information content (AvgIpc) is 3.12. The number of aromatic nitrogens is 5. The number of hydrogen-bond acceptors (Lipinski definition) is 7. The van der Waals surface area contributed by atoms with Gasteiger partial charge in [-0.2, -0.15) is 4.98 Å². The molecule has 160 valence electrons. The van der Waals surface area contributed by atoms with Crippen LogP contribution in [-0.4, -0.2) is 50.5 Å². The summed E-state index contributed by atoms with van der Waals surface area (Å²) >= 11 is 0. The summed E-state index contributed by atoms with van der Waals surface area (Å²) in [7, 11) is 0. The first-order chi connectivity index (χ1) is 14.6. The van der Waals surface area contributed by atoms with E-state index >= 15 is 0 Å². The summed E-state index contributed by atoms with van der Waals surface area (Å²) in [6, 6.07) is 8.12. The van der Waals surface area contributed by atoms with Crippen LogP contribution in [0.4, 0.5) is 17.5 Å². The minimum atomic E-state index is 0. The Kier molecular flexibility index (Phi) is 4.71. The van der Waals surface area contributed by atoms with Crippen molar-refractivity contribution in [1.82, 2.24) is 29.7 Å². The van der Waals surface area contributed by atoms with Gasteiger partial charge in [-0.15, -0.1) is 12.4 Å². The van der Waals surface area contributed by atoms with E-state index in [0.29, 0.717) is 17.3 Å². The Labute approximate surface area is 186 Å². The predicted molar refractivity (Wildman–Crippen MR) is 125 cm³/mol. The molecule has 0 radical (unpaired) electrons. The van der Waals surface area contributed by atoms with Crippen molar-refractivity contribution < 1.29 is 0 Å². The third-order valence-electron chi connectivity index (χ3n) is 6.23. The molecule has 31 heavy (non-hydrogen) atoms. The smallest absolute Gasteiger partial charge is 0.230 e. The van der Waals surface area contributed by atoms with E-state index in [1.54, 1.807) is 0 Å². The van der Waals surface area contributed by atoms with Gasteiger partial charge in [-0.25, -0.2) is 15.0 Å². The van der Waals surface area contributed by atoms with Crippen molar-refractivity contribution in [3.63, 3.8) is 0 Å². The lowest BCUT2D eigenvalue weighted by molar-refractivity contribution is 0.121. The molecule has 2 aliphatic heterocycles. The maximum atomic E-state index is 4.78. The molecule has 0 saturated carbocycles. The lowest BCUT2D eigenvalue weighted by Crippen LogP contribution is -2.71. The summed E-state index contributed by atoms with van der Waals surface area (Å²) in [5, 5.41) is 7.60. The van der Waals surface area contributed by atoms with Crippen LogP contribution in [0.1, 0.15) is 25.5 Å². The Morgan fingerprint density at radius 3 is 2.52 bits per heavy atom. The van der Waals surface area contributed by atoms with E-state index in [4.69, 9.17) is 4.98 Å². The van der Waals surface area contributed by atoms with Gasteiger partial charge in [-0.3, -0.25) is 4.40 Å². The number of hydrogen-bond donors (Lipinski definition) is 2. The quantitative estimate of drug-likeness (QED) is 0.507. The van der Waals surface area contributed by atoms with E-state index in [9.17, 15) is 0 Å². The molecule has 2 fully saturated rings. The number of pyridine rings is 2. The molecule has 8 nitrogen and oxygen atoms in total. The summed E-state index contributed by atoms with van der Waals surface area (Å²) in [6.45, 7) is 8.82. The van der Waals surface area contributed by atoms with Crippen LogP contribution in [0.2, 0.25) is 0 Å². The summed E-state index contributed by atoms with van der Waals surface area (Å²) < 4.78 is 2.11. The maximum absolute atomic E-state index is 4.78. The first-order valence-corrected chi connectivity index (χ1v) is 10.4. The zero-order valence-corrected chi connectivity index (χ0v) is 18.4. The standard InChI is InChI=1S/C22H24N8.ClH/c1-14(2)17-9-25-19-6-3-15-7-26-21(28-20(15)30(17)19)27-18-5-4-16(8-24-18)29-12-22(13-29)10-23-11-22;/h3-9,14,23H,10-13H2,1-2H3,(H,24,26,27,28);1H. The van der Waals surface area contributed by atoms with Crippen molar-refractivity contribution in [2.75, 3.05) is 36.4 Å². The zero-order valence-electron chi connectivity index (χ0n) is 17.5. The third kappa shape index (κ3) is 3.26. The van der Waals surface area contributed by atoms with Gasteiger partial charge in [0.1, 0.15) is 11.5 Å². The van der Waals surface area contributed by atoms with E-state index in [1.165, 1.54) is 5.69 Å². The third-order valence-corrected chi connectivity index (χ3v) is 6.23. The van der Waals surface area contributed by atoms with Gasteiger partial charge in [0, 0.05) is 55.1 Å². The summed E-state index contributed by atoms with van der Waals surface area (Å²) in [5.74, 6) is 1.62. The Bertz CT molecular complexity index is 1240. The minimum Gasteiger partial charge on any atom is -0.369 e. The van der Waals surface area contributed by atoms with Crippen LogP contribution < -0.4 is 15.5 Å². The predicted octanol–water partition coefficient (Wildman–Crippen LogP) is 3.37. The summed E-state index contributed by atoms with van der Waals surface area (Å²) in [5.41, 5.74) is 4.55. The van der Waals surface area contributed by atoms with E-state index in [0.717, 1.165) is 54.4 Å². The van der Waals surface area contributed by atoms with Gasteiger partial charge in [-0.05, 0) is 30.2 Å². The molecule has 6 rings (SSSR count). The highest BCUT2D eigenvalue weighted by Crippen LogP contribution is 2.37. The lowest BCUT2D eigenvalue weighted by atomic mass is 9.74. The van der Waals surface area contributed by atoms with Gasteiger partial charge in [-0.1, -0.05) is 13.8 Å². The van der Waals surface area contributed by atoms with Gasteiger partial charge in [0.25, 0.3) is 0 Å². The Morgan fingerprint density at radius 2 is 1.84 bits per heavy atom. The fraction of sp³-hybridized carbons (Fsp3) is 0.364. The molecular formula is C22H25ClN8. The normalized spacial score (nSPS) is 16.9. The second-order valence-electron chi connectivity index (χ2n) is 8.82. The van der Waals surface area contributed by atoms with Gasteiger partial charge >= 0.3 is 0 Å². The minimum absolute atomic E-state index is 0. The number of nitrogens with zero attached hydrogens (tertiary/aromatic N) is 6. The first kappa shape index (κ1) is 20.0. The van der Waals surface area contributed by atoms with Crippen LogP contribution in [0.25, 0.3) is 16.7 Å². The number of nitrogens with one attached hydrogen (secondary N) is 2. The summed E-state index contributed by atoms with van der Waals surface area (Å²) in [6.07, 6.45) is 5.69. The molecule has 4 aromatic rings. The lowest BCUT2D eigenvalue weighted by Gasteiger charge is -2.57. The molecule has 0 bridgehead atoms. The largest absolute Gasteiger partial charge is 0.369 e. The highest BCUT2D eigenvalue weighted by Gasteiger charge is 2.47. The van der Waals surface area contributed by atoms with Gasteiger partial charge in [0.2, 0.25) is 5.95 Å². The van der Waals surface area contributed by atoms with Gasteiger partial charge < -0.3 is 15.5 Å². The van der Waals surface area contributed by atoms with E-state index in [1.807, 2.05) is 36.8 Å². The Hall–Kier alpha value is -2.97. The highest BCUT2D eigenvalue weighted by atomic mass is 35.5. The number of anilines is 3. The van der Waals surface area contributed by atoms with Crippen molar-refractivity contribution in [2.45, 2.75) is 19.8 Å². The number of halogens is 1. The molecule has 9 heteroatoms. The SMILES string of the molecule is CC(C)c1cnc2ccc3cnc(Nc4ccc(N5CC6(CNC6)C5)cn4)nc3n12.Cl. The van der Waals surface area contributed by atoms with Crippen LogP contribution >= 0.6 is 12.4 Å². The van der Waals surface area contributed by atoms with Crippen LogP contribution in [0.5, 0.6) is 0 Å². The fourth-order valence-corrected chi connectivity index (χ4v) is 4.45. The van der Waals surface area contributed by atoms with Gasteiger partial charge in [0.15, 0.2) is 5.65 Å². The van der Waals surface area contributed by atoms with Crippen molar-refractivity contribution in [2.24, 2.45) is 5.41 Å². The van der Waals surface area contributed by atoms with Crippen molar-refractivity contribution in [3.8, 4) is 0 Å². The molecule has 0 atom stereocenters. The Morgan fingerprint density at radius 1 is 1.00 bits per heavy atom. The molecule has 1 spiro atoms. The molecule has 2 saturated heterocycles. The second kappa shape index (κ2) is 7.32. The maximum Gasteiger partial charge on any atom is 0.230 e. The molecule has 6 heterocycles. The average molecular weight is 437 g/mol. The number of imidazole rings is 1. The number of rotatable bonds is 4. The molecular weight excluding hydrogens is 412 g/mol. The Balaban J connectivity index is 0.00000204. The van der Waals surface area contributed by atoms with E-state index < -0.39 is 0 Å². The monoisotopic (exact) mass is 436 g/mol. The molecule has 4 aromatic heterocycles. The number of fused-ring (bicyclic) bond motifs is 3. The molecule has 0 aromatic carbocycles. The van der Waals surface area contributed by atoms with Crippen molar-refractivity contribution >= 4 is 46.5 Å².